The van der Waals surface area contributed by atoms with E-state index < -0.39 is 11.6 Å². The maximum atomic E-state index is 13.5. The topological polar surface area (TPSA) is 47.2 Å². The first-order valence-electron chi connectivity index (χ1n) is 5.35. The van der Waals surface area contributed by atoms with Gasteiger partial charge in [0.05, 0.1) is 17.9 Å². The number of halogens is 2. The maximum Gasteiger partial charge on any atom is 0.151 e. The number of hydrogen-bond acceptors (Lipinski definition) is 3. The van der Waals surface area contributed by atoms with E-state index in [9.17, 15) is 13.7 Å². The van der Waals surface area contributed by atoms with Crippen molar-refractivity contribution in [3.63, 3.8) is 0 Å². The number of benzene rings is 1. The average molecular weight is 251 g/mol. The quantitative estimate of drug-likeness (QED) is 0.786. The van der Waals surface area contributed by atoms with Crippen LogP contribution in [0.25, 0.3) is 0 Å². The highest BCUT2D eigenvalue weighted by molar-refractivity contribution is 5.46. The Morgan fingerprint density at radius 2 is 1.89 bits per heavy atom. The molecule has 0 saturated heterocycles. The van der Waals surface area contributed by atoms with Crippen LogP contribution >= 0.6 is 0 Å². The zero-order valence-corrected chi connectivity index (χ0v) is 9.94. The summed E-state index contributed by atoms with van der Waals surface area (Å²) in [7, 11) is 0. The second-order valence-electron chi connectivity index (χ2n) is 3.97. The first-order valence-corrected chi connectivity index (χ1v) is 5.35. The number of nitroso groups, excluding NO2 is 1. The number of aromatic nitrogens is 2. The van der Waals surface area contributed by atoms with E-state index in [-0.39, 0.29) is 17.8 Å². The Morgan fingerprint density at radius 1 is 1.28 bits per heavy atom. The predicted molar refractivity (Wildman–Crippen MR) is 62.6 cm³/mol. The normalized spacial score (nSPS) is 10.7. The Kier molecular flexibility index (Phi) is 3.18. The summed E-state index contributed by atoms with van der Waals surface area (Å²) in [6.07, 6.45) is 0. The molecule has 0 aliphatic carbocycles. The highest BCUT2D eigenvalue weighted by Crippen LogP contribution is 2.24. The fourth-order valence-corrected chi connectivity index (χ4v) is 1.81. The van der Waals surface area contributed by atoms with Gasteiger partial charge >= 0.3 is 0 Å². The molecule has 0 atom stereocenters. The van der Waals surface area contributed by atoms with Crippen molar-refractivity contribution in [3.8, 4) is 0 Å². The third-order valence-electron chi connectivity index (χ3n) is 2.80. The molecular weight excluding hydrogens is 240 g/mol. The van der Waals surface area contributed by atoms with E-state index in [0.29, 0.717) is 11.4 Å². The molecule has 0 unspecified atom stereocenters. The molecule has 0 aliphatic heterocycles. The zero-order valence-electron chi connectivity index (χ0n) is 9.94. The van der Waals surface area contributed by atoms with Crippen LogP contribution in [0.5, 0.6) is 0 Å². The third-order valence-corrected chi connectivity index (χ3v) is 2.80. The van der Waals surface area contributed by atoms with Gasteiger partial charge in [-0.3, -0.25) is 4.68 Å². The molecule has 4 nitrogen and oxygen atoms in total. The van der Waals surface area contributed by atoms with Gasteiger partial charge in [0, 0.05) is 5.56 Å². The summed E-state index contributed by atoms with van der Waals surface area (Å²) in [5.74, 6) is -1.27. The third kappa shape index (κ3) is 2.01. The second-order valence-corrected chi connectivity index (χ2v) is 3.97. The lowest BCUT2D eigenvalue weighted by molar-refractivity contribution is 0.528. The minimum atomic E-state index is -0.636. The highest BCUT2D eigenvalue weighted by atomic mass is 19.1. The maximum absolute atomic E-state index is 13.5. The fourth-order valence-electron chi connectivity index (χ4n) is 1.81. The fraction of sp³-hybridized carbons (Fsp3) is 0.250. The van der Waals surface area contributed by atoms with Gasteiger partial charge in [0.15, 0.2) is 5.69 Å². The van der Waals surface area contributed by atoms with Crippen LogP contribution in [0.1, 0.15) is 17.0 Å². The van der Waals surface area contributed by atoms with Gasteiger partial charge in [-0.05, 0) is 31.2 Å². The Labute approximate surface area is 102 Å². The number of nitrogens with zero attached hydrogens (tertiary/aromatic N) is 3. The summed E-state index contributed by atoms with van der Waals surface area (Å²) in [5.41, 5.74) is 1.07. The van der Waals surface area contributed by atoms with Gasteiger partial charge in [-0.1, -0.05) is 6.07 Å². The minimum absolute atomic E-state index is 0.0688. The lowest BCUT2D eigenvalue weighted by Gasteiger charge is -2.06. The lowest BCUT2D eigenvalue weighted by Crippen LogP contribution is -2.07. The van der Waals surface area contributed by atoms with Gasteiger partial charge in [-0.2, -0.15) is 5.10 Å². The molecule has 1 aromatic heterocycles. The molecule has 0 spiro atoms. The molecule has 2 aromatic rings. The molecule has 0 saturated carbocycles. The van der Waals surface area contributed by atoms with Crippen molar-refractivity contribution in [1.82, 2.24) is 9.78 Å². The minimum Gasteiger partial charge on any atom is -0.263 e. The monoisotopic (exact) mass is 251 g/mol. The number of aryl methyl sites for hydroxylation is 1. The second kappa shape index (κ2) is 4.64. The van der Waals surface area contributed by atoms with Crippen LogP contribution in [-0.4, -0.2) is 9.78 Å². The van der Waals surface area contributed by atoms with E-state index in [2.05, 4.69) is 10.3 Å². The van der Waals surface area contributed by atoms with Crippen molar-refractivity contribution in [2.45, 2.75) is 20.4 Å². The van der Waals surface area contributed by atoms with Crippen molar-refractivity contribution in [2.75, 3.05) is 0 Å². The van der Waals surface area contributed by atoms with Crippen LogP contribution in [0.15, 0.2) is 23.4 Å². The molecule has 6 heteroatoms. The van der Waals surface area contributed by atoms with Gasteiger partial charge in [0.1, 0.15) is 11.6 Å². The molecule has 1 heterocycles. The smallest absolute Gasteiger partial charge is 0.151 e. The molecule has 0 fully saturated rings. The summed E-state index contributed by atoms with van der Waals surface area (Å²) in [6.45, 7) is 3.19. The van der Waals surface area contributed by atoms with E-state index in [1.54, 1.807) is 13.8 Å². The van der Waals surface area contributed by atoms with Gasteiger partial charge in [-0.25, -0.2) is 8.78 Å². The molecule has 0 amide bonds. The molecule has 2 rings (SSSR count). The van der Waals surface area contributed by atoms with Crippen LogP contribution in [0, 0.1) is 30.4 Å². The van der Waals surface area contributed by atoms with Gasteiger partial charge in [0.2, 0.25) is 0 Å². The largest absolute Gasteiger partial charge is 0.263 e. The Balaban J connectivity index is 2.44. The Hall–Kier alpha value is -2.11. The molecule has 0 N–H and O–H groups in total. The summed E-state index contributed by atoms with van der Waals surface area (Å²) in [6, 6.07) is 3.67. The lowest BCUT2D eigenvalue weighted by atomic mass is 10.2. The van der Waals surface area contributed by atoms with E-state index in [1.165, 1.54) is 22.9 Å². The SMILES string of the molecule is Cc1nn(Cc2c(F)cccc2F)c(C)c1N=O. The van der Waals surface area contributed by atoms with Crippen LogP contribution in [-0.2, 0) is 6.54 Å². The summed E-state index contributed by atoms with van der Waals surface area (Å²) >= 11 is 0. The van der Waals surface area contributed by atoms with Gasteiger partial charge in [-0.15, -0.1) is 4.91 Å². The van der Waals surface area contributed by atoms with Crippen LogP contribution < -0.4 is 0 Å². The predicted octanol–water partition coefficient (Wildman–Crippen LogP) is 3.22. The summed E-state index contributed by atoms with van der Waals surface area (Å²) in [5, 5.41) is 6.90. The average Bonchev–Trinajstić information content (AvgIpc) is 2.59. The van der Waals surface area contributed by atoms with E-state index >= 15 is 0 Å². The molecule has 0 aliphatic rings. The van der Waals surface area contributed by atoms with Crippen molar-refractivity contribution in [3.05, 3.63) is 51.7 Å². The van der Waals surface area contributed by atoms with Crippen molar-refractivity contribution < 1.29 is 8.78 Å². The van der Waals surface area contributed by atoms with Crippen molar-refractivity contribution in [1.29, 1.82) is 0 Å². The molecule has 18 heavy (non-hydrogen) atoms. The molecule has 0 bridgehead atoms. The number of hydrogen-bond donors (Lipinski definition) is 0. The summed E-state index contributed by atoms with van der Waals surface area (Å²) < 4.78 is 28.4. The molecular formula is C12H11F2N3O. The zero-order chi connectivity index (χ0) is 13.3. The van der Waals surface area contributed by atoms with Gasteiger partial charge < -0.3 is 0 Å². The summed E-state index contributed by atoms with van der Waals surface area (Å²) in [4.78, 5) is 10.6. The van der Waals surface area contributed by atoms with Crippen molar-refractivity contribution in [2.24, 2.45) is 5.18 Å². The highest BCUT2D eigenvalue weighted by Gasteiger charge is 2.15. The van der Waals surface area contributed by atoms with E-state index in [1.807, 2.05) is 0 Å². The first-order chi connectivity index (χ1) is 8.54. The molecule has 1 aromatic carbocycles. The first kappa shape index (κ1) is 12.3. The van der Waals surface area contributed by atoms with Gasteiger partial charge in [0.25, 0.3) is 0 Å². The Bertz CT molecular complexity index is 587. The number of rotatable bonds is 3. The molecule has 94 valence electrons. The van der Waals surface area contributed by atoms with Crippen LogP contribution in [0.4, 0.5) is 14.5 Å². The van der Waals surface area contributed by atoms with Crippen molar-refractivity contribution >= 4 is 5.69 Å². The van der Waals surface area contributed by atoms with E-state index in [0.717, 1.165) is 0 Å². The van der Waals surface area contributed by atoms with Crippen LogP contribution in [0.3, 0.4) is 0 Å². The van der Waals surface area contributed by atoms with E-state index in [4.69, 9.17) is 0 Å². The Morgan fingerprint density at radius 3 is 2.39 bits per heavy atom. The van der Waals surface area contributed by atoms with Crippen LogP contribution in [0.2, 0.25) is 0 Å². The molecule has 0 radical (unpaired) electrons. The standard InChI is InChI=1S/C12H11F2N3O/c1-7-12(16-18)8(2)17(15-7)6-9-10(13)4-3-5-11(9)14/h3-5H,6H2,1-2H3.